The highest BCUT2D eigenvalue weighted by atomic mass is 16.5. The van der Waals surface area contributed by atoms with Crippen molar-refractivity contribution in [2.24, 2.45) is 0 Å². The standard InChI is InChI=1S/C16H22N4O2/c1-4-20(5-2)14-8-6-13(7-9-14)18-16(21)11-17-15-10-12(3)22-19-15/h6-10H,4-5,11H2,1-3H3,(H,17,19)(H,18,21). The van der Waals surface area contributed by atoms with Gasteiger partial charge in [-0.15, -0.1) is 0 Å². The average molecular weight is 302 g/mol. The third-order valence-corrected chi connectivity index (χ3v) is 3.34. The van der Waals surface area contributed by atoms with Crippen molar-refractivity contribution >= 4 is 23.1 Å². The van der Waals surface area contributed by atoms with Gasteiger partial charge in [-0.25, -0.2) is 0 Å². The smallest absolute Gasteiger partial charge is 0.243 e. The molecule has 1 amide bonds. The van der Waals surface area contributed by atoms with Gasteiger partial charge in [0.2, 0.25) is 5.91 Å². The average Bonchev–Trinajstić information content (AvgIpc) is 2.94. The van der Waals surface area contributed by atoms with Crippen LogP contribution in [0.4, 0.5) is 17.2 Å². The van der Waals surface area contributed by atoms with Crippen molar-refractivity contribution in [3.63, 3.8) is 0 Å². The summed E-state index contributed by atoms with van der Waals surface area (Å²) < 4.78 is 4.92. The van der Waals surface area contributed by atoms with Crippen LogP contribution in [0, 0.1) is 6.92 Å². The van der Waals surface area contributed by atoms with Gasteiger partial charge >= 0.3 is 0 Å². The van der Waals surface area contributed by atoms with Crippen LogP contribution in [0.1, 0.15) is 19.6 Å². The summed E-state index contributed by atoms with van der Waals surface area (Å²) in [5, 5.41) is 9.52. The highest BCUT2D eigenvalue weighted by Gasteiger charge is 2.06. The predicted octanol–water partition coefficient (Wildman–Crippen LogP) is 2.88. The fourth-order valence-electron chi connectivity index (χ4n) is 2.17. The monoisotopic (exact) mass is 302 g/mol. The van der Waals surface area contributed by atoms with Crippen LogP contribution in [0.25, 0.3) is 0 Å². The molecule has 1 heterocycles. The Morgan fingerprint density at radius 2 is 1.91 bits per heavy atom. The van der Waals surface area contributed by atoms with Crippen molar-refractivity contribution in [3.8, 4) is 0 Å². The van der Waals surface area contributed by atoms with Crippen molar-refractivity contribution in [2.75, 3.05) is 35.2 Å². The molecule has 0 fully saturated rings. The van der Waals surface area contributed by atoms with E-state index in [0.29, 0.717) is 11.6 Å². The molecule has 0 aliphatic carbocycles. The largest absolute Gasteiger partial charge is 0.372 e. The lowest BCUT2D eigenvalue weighted by atomic mass is 10.2. The van der Waals surface area contributed by atoms with Gasteiger partial charge in [0.05, 0.1) is 6.54 Å². The number of nitrogens with zero attached hydrogens (tertiary/aromatic N) is 2. The summed E-state index contributed by atoms with van der Waals surface area (Å²) in [6.07, 6.45) is 0. The number of hydrogen-bond donors (Lipinski definition) is 2. The first-order valence-electron chi connectivity index (χ1n) is 7.44. The maximum Gasteiger partial charge on any atom is 0.243 e. The number of aromatic nitrogens is 1. The van der Waals surface area contributed by atoms with Gasteiger partial charge in [0.15, 0.2) is 5.82 Å². The zero-order valence-corrected chi connectivity index (χ0v) is 13.2. The summed E-state index contributed by atoms with van der Waals surface area (Å²) in [5.74, 6) is 1.13. The first-order valence-corrected chi connectivity index (χ1v) is 7.44. The molecule has 6 nitrogen and oxygen atoms in total. The minimum absolute atomic E-state index is 0.128. The van der Waals surface area contributed by atoms with Crippen LogP contribution in [0.15, 0.2) is 34.9 Å². The molecule has 6 heteroatoms. The number of anilines is 3. The Kier molecular flexibility index (Phi) is 5.41. The van der Waals surface area contributed by atoms with Gasteiger partial charge < -0.3 is 20.1 Å². The van der Waals surface area contributed by atoms with E-state index in [2.05, 4.69) is 34.5 Å². The molecule has 118 valence electrons. The van der Waals surface area contributed by atoms with Crippen LogP contribution in [0.5, 0.6) is 0 Å². The molecule has 2 rings (SSSR count). The molecule has 0 bridgehead atoms. The van der Waals surface area contributed by atoms with E-state index in [1.807, 2.05) is 24.3 Å². The van der Waals surface area contributed by atoms with Crippen LogP contribution in [-0.4, -0.2) is 30.7 Å². The van der Waals surface area contributed by atoms with E-state index in [0.717, 1.165) is 24.5 Å². The Morgan fingerprint density at radius 1 is 1.23 bits per heavy atom. The number of carbonyl (C=O) groups is 1. The highest BCUT2D eigenvalue weighted by Crippen LogP contribution is 2.17. The molecule has 0 aliphatic rings. The van der Waals surface area contributed by atoms with Crippen LogP contribution >= 0.6 is 0 Å². The second kappa shape index (κ2) is 7.49. The first-order chi connectivity index (χ1) is 10.6. The number of hydrogen-bond acceptors (Lipinski definition) is 5. The number of amides is 1. The molecule has 2 aromatic rings. The van der Waals surface area contributed by atoms with Crippen molar-refractivity contribution in [3.05, 3.63) is 36.1 Å². The van der Waals surface area contributed by atoms with Crippen molar-refractivity contribution in [2.45, 2.75) is 20.8 Å². The van der Waals surface area contributed by atoms with Crippen LogP contribution in [0.3, 0.4) is 0 Å². The van der Waals surface area contributed by atoms with E-state index < -0.39 is 0 Å². The lowest BCUT2D eigenvalue weighted by molar-refractivity contribution is -0.114. The summed E-state index contributed by atoms with van der Waals surface area (Å²) in [6, 6.07) is 9.58. The summed E-state index contributed by atoms with van der Waals surface area (Å²) in [6.45, 7) is 8.11. The van der Waals surface area contributed by atoms with Gasteiger partial charge in [-0.05, 0) is 45.0 Å². The second-order valence-corrected chi connectivity index (χ2v) is 4.94. The van der Waals surface area contributed by atoms with Crippen LogP contribution in [-0.2, 0) is 4.79 Å². The summed E-state index contributed by atoms with van der Waals surface area (Å²) >= 11 is 0. The van der Waals surface area contributed by atoms with E-state index in [1.54, 1.807) is 13.0 Å². The molecule has 2 N–H and O–H groups in total. The van der Waals surface area contributed by atoms with Gasteiger partial charge in [-0.2, -0.15) is 0 Å². The molecule has 0 spiro atoms. The molecule has 0 atom stereocenters. The first kappa shape index (κ1) is 15.9. The van der Waals surface area contributed by atoms with Crippen molar-refractivity contribution in [1.82, 2.24) is 5.16 Å². The zero-order valence-electron chi connectivity index (χ0n) is 13.2. The SMILES string of the molecule is CCN(CC)c1ccc(NC(=O)CNc2cc(C)on2)cc1. The molecular formula is C16H22N4O2. The summed E-state index contributed by atoms with van der Waals surface area (Å²) in [7, 11) is 0. The Bertz CT molecular complexity index is 603. The van der Waals surface area contributed by atoms with E-state index in [-0.39, 0.29) is 12.5 Å². The third-order valence-electron chi connectivity index (χ3n) is 3.34. The van der Waals surface area contributed by atoms with E-state index in [1.165, 1.54) is 0 Å². The van der Waals surface area contributed by atoms with Gasteiger partial charge in [0.25, 0.3) is 0 Å². The Hall–Kier alpha value is -2.50. The normalized spacial score (nSPS) is 10.3. The van der Waals surface area contributed by atoms with Crippen LogP contribution in [0.2, 0.25) is 0 Å². The molecule has 1 aromatic heterocycles. The van der Waals surface area contributed by atoms with Crippen LogP contribution < -0.4 is 15.5 Å². The number of carbonyl (C=O) groups excluding carboxylic acids is 1. The number of benzene rings is 1. The Morgan fingerprint density at radius 3 is 2.45 bits per heavy atom. The van der Waals surface area contributed by atoms with Gasteiger partial charge in [-0.3, -0.25) is 4.79 Å². The van der Waals surface area contributed by atoms with Gasteiger partial charge in [-0.1, -0.05) is 5.16 Å². The fourth-order valence-corrected chi connectivity index (χ4v) is 2.17. The Labute approximate surface area is 130 Å². The lowest BCUT2D eigenvalue weighted by Gasteiger charge is -2.21. The molecule has 22 heavy (non-hydrogen) atoms. The molecule has 0 saturated carbocycles. The van der Waals surface area contributed by atoms with E-state index >= 15 is 0 Å². The highest BCUT2D eigenvalue weighted by molar-refractivity contribution is 5.93. The second-order valence-electron chi connectivity index (χ2n) is 4.94. The molecule has 1 aromatic carbocycles. The molecule has 0 aliphatic heterocycles. The number of rotatable bonds is 7. The molecular weight excluding hydrogens is 280 g/mol. The molecule has 0 saturated heterocycles. The lowest BCUT2D eigenvalue weighted by Crippen LogP contribution is -2.23. The number of aryl methyl sites for hydroxylation is 1. The maximum absolute atomic E-state index is 11.9. The predicted molar refractivity (Wildman–Crippen MR) is 88.4 cm³/mol. The van der Waals surface area contributed by atoms with Crippen molar-refractivity contribution in [1.29, 1.82) is 0 Å². The fraction of sp³-hybridized carbons (Fsp3) is 0.375. The minimum Gasteiger partial charge on any atom is -0.372 e. The summed E-state index contributed by atoms with van der Waals surface area (Å²) in [5.41, 5.74) is 1.93. The summed E-state index contributed by atoms with van der Waals surface area (Å²) in [4.78, 5) is 14.1. The topological polar surface area (TPSA) is 70.4 Å². The maximum atomic E-state index is 11.9. The van der Waals surface area contributed by atoms with Crippen molar-refractivity contribution < 1.29 is 9.32 Å². The number of nitrogens with one attached hydrogen (secondary N) is 2. The zero-order chi connectivity index (χ0) is 15.9. The Balaban J connectivity index is 1.86. The quantitative estimate of drug-likeness (QED) is 0.823. The van der Waals surface area contributed by atoms with E-state index in [4.69, 9.17) is 4.52 Å². The molecule has 0 unspecified atom stereocenters. The minimum atomic E-state index is -0.128. The van der Waals surface area contributed by atoms with Gasteiger partial charge in [0.1, 0.15) is 5.76 Å². The third kappa shape index (κ3) is 4.25. The molecule has 0 radical (unpaired) electrons. The van der Waals surface area contributed by atoms with E-state index in [9.17, 15) is 4.79 Å². The van der Waals surface area contributed by atoms with Gasteiger partial charge in [0, 0.05) is 30.5 Å².